The van der Waals surface area contributed by atoms with E-state index in [0.717, 1.165) is 0 Å². The van der Waals surface area contributed by atoms with E-state index in [0.29, 0.717) is 12.4 Å². The van der Waals surface area contributed by atoms with Crippen molar-refractivity contribution in [3.05, 3.63) is 0 Å². The van der Waals surface area contributed by atoms with Gasteiger partial charge < -0.3 is 10.6 Å². The summed E-state index contributed by atoms with van der Waals surface area (Å²) in [6.45, 7) is 1.93. The Morgan fingerprint density at radius 3 is 2.73 bits per heavy atom. The fourth-order valence-electron chi connectivity index (χ4n) is 0.653. The van der Waals surface area contributed by atoms with Gasteiger partial charge in [-0.05, 0) is 6.92 Å². The average Bonchev–Trinajstić information content (AvgIpc) is 2.02. The normalized spacial score (nSPS) is 13.8. The van der Waals surface area contributed by atoms with Gasteiger partial charge in [0.25, 0.3) is 0 Å². The fourth-order valence-corrected chi connectivity index (χ4v) is 0.653. The number of guanidine groups is 1. The van der Waals surface area contributed by atoms with E-state index in [-0.39, 0.29) is 6.04 Å². The second kappa shape index (κ2) is 4.56. The lowest BCUT2D eigenvalue weighted by atomic mass is 10.2. The van der Waals surface area contributed by atoms with Gasteiger partial charge in [0.1, 0.15) is 0 Å². The van der Waals surface area contributed by atoms with Crippen LogP contribution in [-0.4, -0.2) is 31.0 Å². The molecule has 0 heterocycles. The van der Waals surface area contributed by atoms with Crippen LogP contribution in [0.3, 0.4) is 0 Å². The summed E-state index contributed by atoms with van der Waals surface area (Å²) >= 11 is 0. The third kappa shape index (κ3) is 2.89. The van der Waals surface area contributed by atoms with E-state index in [4.69, 9.17) is 11.0 Å². The highest BCUT2D eigenvalue weighted by molar-refractivity contribution is 5.77. The van der Waals surface area contributed by atoms with Gasteiger partial charge in [0.15, 0.2) is 5.96 Å². The van der Waals surface area contributed by atoms with Gasteiger partial charge in [-0.25, -0.2) is 0 Å². The van der Waals surface area contributed by atoms with Gasteiger partial charge in [0, 0.05) is 20.1 Å². The summed E-state index contributed by atoms with van der Waals surface area (Å²) < 4.78 is 0. The van der Waals surface area contributed by atoms with Gasteiger partial charge in [-0.15, -0.1) is 0 Å². The van der Waals surface area contributed by atoms with Crippen molar-refractivity contribution in [2.45, 2.75) is 19.4 Å². The molecule has 0 saturated carbocycles. The van der Waals surface area contributed by atoms with Crippen LogP contribution in [0, 0.1) is 11.3 Å². The Morgan fingerprint density at radius 1 is 1.82 bits per heavy atom. The van der Waals surface area contributed by atoms with Crippen LogP contribution in [0.2, 0.25) is 0 Å². The number of rotatable bonds is 2. The molecule has 0 aliphatic heterocycles. The molecular weight excluding hydrogens is 140 g/mol. The van der Waals surface area contributed by atoms with Crippen LogP contribution in [-0.2, 0) is 0 Å². The van der Waals surface area contributed by atoms with E-state index in [2.05, 4.69) is 11.1 Å². The van der Waals surface area contributed by atoms with Crippen LogP contribution in [0.15, 0.2) is 4.99 Å². The molecule has 0 radical (unpaired) electrons. The Hall–Kier alpha value is -1.24. The summed E-state index contributed by atoms with van der Waals surface area (Å²) in [5.74, 6) is 0.466. The van der Waals surface area contributed by atoms with Crippen molar-refractivity contribution in [3.8, 4) is 6.07 Å². The van der Waals surface area contributed by atoms with Gasteiger partial charge in [-0.3, -0.25) is 4.99 Å². The first kappa shape index (κ1) is 9.76. The maximum absolute atomic E-state index is 8.38. The van der Waals surface area contributed by atoms with Crippen molar-refractivity contribution in [2.24, 2.45) is 10.7 Å². The molecule has 0 saturated heterocycles. The van der Waals surface area contributed by atoms with Gasteiger partial charge in [0.05, 0.1) is 12.5 Å². The van der Waals surface area contributed by atoms with Crippen LogP contribution in [0.4, 0.5) is 0 Å². The number of nitriles is 1. The molecule has 11 heavy (non-hydrogen) atoms. The summed E-state index contributed by atoms with van der Waals surface area (Å²) in [5.41, 5.74) is 5.51. The van der Waals surface area contributed by atoms with Crippen LogP contribution < -0.4 is 5.73 Å². The predicted molar refractivity (Wildman–Crippen MR) is 45.0 cm³/mol. The Morgan fingerprint density at radius 2 is 2.36 bits per heavy atom. The van der Waals surface area contributed by atoms with Crippen LogP contribution >= 0.6 is 0 Å². The molecule has 0 aromatic heterocycles. The molecule has 0 aliphatic carbocycles. The summed E-state index contributed by atoms with van der Waals surface area (Å²) in [4.78, 5) is 5.58. The Balaban J connectivity index is 4.04. The van der Waals surface area contributed by atoms with Gasteiger partial charge in [-0.2, -0.15) is 5.26 Å². The molecule has 0 aliphatic rings. The second-order valence-electron chi connectivity index (χ2n) is 2.40. The molecule has 0 spiro atoms. The number of aliphatic imine (C=N–C) groups is 1. The third-order valence-corrected chi connectivity index (χ3v) is 1.64. The molecule has 4 nitrogen and oxygen atoms in total. The summed E-state index contributed by atoms with van der Waals surface area (Å²) in [7, 11) is 3.45. The standard InChI is InChI=1S/C7H14N4/c1-6(4-5-8)11(3)7(9)10-2/h6H,4H2,1-3H3,(H2,9,10). The lowest BCUT2D eigenvalue weighted by Gasteiger charge is -2.23. The Labute approximate surface area is 67.3 Å². The number of hydrogen-bond donors (Lipinski definition) is 1. The van der Waals surface area contributed by atoms with Crippen molar-refractivity contribution >= 4 is 5.96 Å². The lowest BCUT2D eigenvalue weighted by molar-refractivity contribution is 0.391. The van der Waals surface area contributed by atoms with Gasteiger partial charge in [0.2, 0.25) is 0 Å². The molecule has 0 amide bonds. The molecule has 0 aromatic carbocycles. The van der Waals surface area contributed by atoms with Crippen molar-refractivity contribution in [1.82, 2.24) is 4.90 Å². The minimum atomic E-state index is 0.128. The Bertz CT molecular complexity index is 179. The van der Waals surface area contributed by atoms with E-state index in [9.17, 15) is 0 Å². The second-order valence-corrected chi connectivity index (χ2v) is 2.40. The van der Waals surface area contributed by atoms with E-state index >= 15 is 0 Å². The van der Waals surface area contributed by atoms with Crippen molar-refractivity contribution < 1.29 is 0 Å². The number of nitrogens with two attached hydrogens (primary N) is 1. The molecule has 2 N–H and O–H groups in total. The predicted octanol–water partition coefficient (Wildman–Crippen LogP) is 0.165. The molecular formula is C7H14N4. The maximum Gasteiger partial charge on any atom is 0.190 e. The SMILES string of the molecule is CN=C(N)N(C)C(C)CC#N. The topological polar surface area (TPSA) is 65.4 Å². The van der Waals surface area contributed by atoms with E-state index in [1.165, 1.54) is 0 Å². The summed E-state index contributed by atoms with van der Waals surface area (Å²) in [5, 5.41) is 8.38. The highest BCUT2D eigenvalue weighted by Crippen LogP contribution is 1.98. The summed E-state index contributed by atoms with van der Waals surface area (Å²) in [6, 6.07) is 2.20. The van der Waals surface area contributed by atoms with E-state index in [1.807, 2.05) is 14.0 Å². The largest absolute Gasteiger partial charge is 0.370 e. The van der Waals surface area contributed by atoms with E-state index in [1.54, 1.807) is 11.9 Å². The van der Waals surface area contributed by atoms with Crippen LogP contribution in [0.5, 0.6) is 0 Å². The molecule has 0 bridgehead atoms. The van der Waals surface area contributed by atoms with Gasteiger partial charge in [-0.1, -0.05) is 0 Å². The van der Waals surface area contributed by atoms with E-state index < -0.39 is 0 Å². The zero-order valence-corrected chi connectivity index (χ0v) is 7.20. The number of hydrogen-bond acceptors (Lipinski definition) is 2. The average molecular weight is 154 g/mol. The molecule has 1 unspecified atom stereocenters. The first-order valence-corrected chi connectivity index (χ1v) is 3.45. The molecule has 4 heteroatoms. The van der Waals surface area contributed by atoms with Crippen molar-refractivity contribution in [3.63, 3.8) is 0 Å². The zero-order chi connectivity index (χ0) is 8.85. The first-order chi connectivity index (χ1) is 5.13. The molecule has 0 aromatic rings. The van der Waals surface area contributed by atoms with Crippen LogP contribution in [0.1, 0.15) is 13.3 Å². The molecule has 0 fully saturated rings. The van der Waals surface area contributed by atoms with Crippen molar-refractivity contribution in [2.75, 3.05) is 14.1 Å². The molecule has 62 valence electrons. The third-order valence-electron chi connectivity index (χ3n) is 1.64. The first-order valence-electron chi connectivity index (χ1n) is 3.45. The fraction of sp³-hybridized carbons (Fsp3) is 0.714. The lowest BCUT2D eigenvalue weighted by Crippen LogP contribution is -2.40. The smallest absolute Gasteiger partial charge is 0.190 e. The van der Waals surface area contributed by atoms with Crippen molar-refractivity contribution in [1.29, 1.82) is 5.26 Å². The zero-order valence-electron chi connectivity index (χ0n) is 7.20. The highest BCUT2D eigenvalue weighted by Gasteiger charge is 2.09. The molecule has 1 atom stereocenters. The molecule has 0 rings (SSSR count). The monoisotopic (exact) mass is 154 g/mol. The summed E-state index contributed by atoms with van der Waals surface area (Å²) in [6.07, 6.45) is 0.465. The minimum Gasteiger partial charge on any atom is -0.370 e. The maximum atomic E-state index is 8.38. The quantitative estimate of drug-likeness (QED) is 0.455. The number of nitrogens with zero attached hydrogens (tertiary/aromatic N) is 3. The van der Waals surface area contributed by atoms with Crippen LogP contribution in [0.25, 0.3) is 0 Å². The Kier molecular flexibility index (Phi) is 4.04. The minimum absolute atomic E-state index is 0.128. The highest BCUT2D eigenvalue weighted by atomic mass is 15.2. The van der Waals surface area contributed by atoms with Gasteiger partial charge >= 0.3 is 0 Å².